The highest BCUT2D eigenvalue weighted by atomic mass is 32.1. The van der Waals surface area contributed by atoms with E-state index in [-0.39, 0.29) is 12.4 Å². The van der Waals surface area contributed by atoms with Gasteiger partial charge in [-0.3, -0.25) is 18.7 Å². The number of pyridine rings is 2. The summed E-state index contributed by atoms with van der Waals surface area (Å²) in [6, 6.07) is 9.58. The van der Waals surface area contributed by atoms with E-state index < -0.39 is 0 Å². The van der Waals surface area contributed by atoms with E-state index >= 15 is 0 Å². The minimum atomic E-state index is -0.0111. The monoisotopic (exact) mass is 351 g/mol. The van der Waals surface area contributed by atoms with E-state index in [1.807, 2.05) is 30.3 Å². The highest BCUT2D eigenvalue weighted by Crippen LogP contribution is 2.38. The second-order valence-electron chi connectivity index (χ2n) is 5.79. The Bertz CT molecular complexity index is 1150. The summed E-state index contributed by atoms with van der Waals surface area (Å²) in [4.78, 5) is 21.4. The standard InChI is InChI=1S/C18H13N3O3S/c22-18-13-9-20-14-8-16-15(23-10-24-16)7-12(14)17(13)25-21(18)6-4-11-3-1-2-5-19-11/h1-3,5,7-9H,4,6,10H2. The van der Waals surface area contributed by atoms with Crippen LogP contribution in [0.3, 0.4) is 0 Å². The molecular weight excluding hydrogens is 338 g/mol. The van der Waals surface area contributed by atoms with Gasteiger partial charge in [0.25, 0.3) is 5.56 Å². The van der Waals surface area contributed by atoms with Crippen molar-refractivity contribution in [1.29, 1.82) is 0 Å². The topological polar surface area (TPSA) is 66.2 Å². The van der Waals surface area contributed by atoms with Gasteiger partial charge in [0, 0.05) is 42.5 Å². The molecule has 0 saturated heterocycles. The lowest BCUT2D eigenvalue weighted by atomic mass is 10.1. The number of ether oxygens (including phenoxy) is 2. The second-order valence-corrected chi connectivity index (χ2v) is 6.82. The lowest BCUT2D eigenvalue weighted by molar-refractivity contribution is 0.174. The van der Waals surface area contributed by atoms with E-state index in [2.05, 4.69) is 9.97 Å². The summed E-state index contributed by atoms with van der Waals surface area (Å²) in [5.74, 6) is 1.39. The quantitative estimate of drug-likeness (QED) is 0.568. The molecule has 4 aromatic rings. The number of nitrogens with zero attached hydrogens (tertiary/aromatic N) is 3. The van der Waals surface area contributed by atoms with E-state index in [1.165, 1.54) is 11.5 Å². The zero-order chi connectivity index (χ0) is 16.8. The third-order valence-electron chi connectivity index (χ3n) is 4.27. The van der Waals surface area contributed by atoms with Gasteiger partial charge in [-0.1, -0.05) is 17.6 Å². The molecule has 6 nitrogen and oxygen atoms in total. The molecule has 0 fully saturated rings. The summed E-state index contributed by atoms with van der Waals surface area (Å²) in [6.45, 7) is 0.817. The Balaban J connectivity index is 1.60. The summed E-state index contributed by atoms with van der Waals surface area (Å²) in [7, 11) is 0. The van der Waals surface area contributed by atoms with Crippen LogP contribution in [0.4, 0.5) is 0 Å². The highest BCUT2D eigenvalue weighted by molar-refractivity contribution is 7.15. The number of hydrogen-bond acceptors (Lipinski definition) is 6. The molecule has 0 aliphatic carbocycles. The summed E-state index contributed by atoms with van der Waals surface area (Å²) in [5, 5.41) is 1.55. The number of aryl methyl sites for hydroxylation is 2. The number of aromatic nitrogens is 3. The predicted octanol–water partition coefficient (Wildman–Crippen LogP) is 2.98. The van der Waals surface area contributed by atoms with Crippen LogP contribution in [-0.2, 0) is 13.0 Å². The van der Waals surface area contributed by atoms with Crippen LogP contribution >= 0.6 is 11.5 Å². The smallest absolute Gasteiger partial charge is 0.270 e. The summed E-state index contributed by atoms with van der Waals surface area (Å²) >= 11 is 1.46. The van der Waals surface area contributed by atoms with Crippen molar-refractivity contribution in [1.82, 2.24) is 13.9 Å². The number of rotatable bonds is 3. The van der Waals surface area contributed by atoms with E-state index in [0.717, 1.165) is 21.3 Å². The largest absolute Gasteiger partial charge is 0.454 e. The summed E-state index contributed by atoms with van der Waals surface area (Å²) in [6.07, 6.45) is 4.13. The fourth-order valence-electron chi connectivity index (χ4n) is 3.00. The van der Waals surface area contributed by atoms with Crippen LogP contribution < -0.4 is 15.0 Å². The van der Waals surface area contributed by atoms with Crippen molar-refractivity contribution in [2.75, 3.05) is 6.79 Å². The van der Waals surface area contributed by atoms with Crippen molar-refractivity contribution < 1.29 is 9.47 Å². The van der Waals surface area contributed by atoms with Crippen LogP contribution in [0.5, 0.6) is 11.5 Å². The van der Waals surface area contributed by atoms with Crippen LogP contribution in [-0.4, -0.2) is 20.7 Å². The predicted molar refractivity (Wildman–Crippen MR) is 95.5 cm³/mol. The van der Waals surface area contributed by atoms with Gasteiger partial charge in [0.15, 0.2) is 11.5 Å². The van der Waals surface area contributed by atoms with Crippen molar-refractivity contribution in [3.8, 4) is 11.5 Å². The fourth-order valence-corrected chi connectivity index (χ4v) is 4.09. The zero-order valence-corrected chi connectivity index (χ0v) is 14.0. The summed E-state index contributed by atoms with van der Waals surface area (Å²) in [5.41, 5.74) is 1.76. The summed E-state index contributed by atoms with van der Waals surface area (Å²) < 4.78 is 13.6. The molecule has 124 valence electrons. The molecule has 5 rings (SSSR count). The Morgan fingerprint density at radius 3 is 2.84 bits per heavy atom. The highest BCUT2D eigenvalue weighted by Gasteiger charge is 2.18. The molecule has 1 aromatic carbocycles. The van der Waals surface area contributed by atoms with E-state index in [9.17, 15) is 4.79 Å². The number of benzene rings is 1. The molecule has 25 heavy (non-hydrogen) atoms. The Labute approximate surface area is 146 Å². The van der Waals surface area contributed by atoms with Crippen molar-refractivity contribution in [3.05, 3.63) is 58.8 Å². The molecule has 3 aromatic heterocycles. The molecule has 1 aliphatic heterocycles. The van der Waals surface area contributed by atoms with E-state index in [1.54, 1.807) is 16.4 Å². The van der Waals surface area contributed by atoms with Gasteiger partial charge in [-0.15, -0.1) is 0 Å². The van der Waals surface area contributed by atoms with Crippen molar-refractivity contribution in [2.24, 2.45) is 0 Å². The third kappa shape index (κ3) is 2.35. The Morgan fingerprint density at radius 1 is 1.12 bits per heavy atom. The minimum absolute atomic E-state index is 0.0111. The van der Waals surface area contributed by atoms with Gasteiger partial charge in [-0.25, -0.2) is 0 Å². The van der Waals surface area contributed by atoms with Gasteiger partial charge in [0.2, 0.25) is 6.79 Å². The minimum Gasteiger partial charge on any atom is -0.454 e. The molecule has 0 radical (unpaired) electrons. The molecule has 1 aliphatic rings. The van der Waals surface area contributed by atoms with Crippen molar-refractivity contribution in [2.45, 2.75) is 13.0 Å². The molecule has 0 bridgehead atoms. The first-order valence-corrected chi connectivity index (χ1v) is 8.69. The molecule has 0 atom stereocenters. The first kappa shape index (κ1) is 14.4. The average molecular weight is 351 g/mol. The van der Waals surface area contributed by atoms with Crippen LogP contribution in [0, 0.1) is 0 Å². The number of hydrogen-bond donors (Lipinski definition) is 0. The molecular formula is C18H13N3O3S. The van der Waals surface area contributed by atoms with Gasteiger partial charge in [0.05, 0.1) is 15.6 Å². The fraction of sp³-hybridized carbons (Fsp3) is 0.167. The lowest BCUT2D eigenvalue weighted by Crippen LogP contribution is -2.14. The number of fused-ring (bicyclic) bond motifs is 4. The van der Waals surface area contributed by atoms with Gasteiger partial charge in [-0.05, 0) is 18.2 Å². The average Bonchev–Trinajstić information content (AvgIpc) is 3.23. The van der Waals surface area contributed by atoms with Crippen molar-refractivity contribution in [3.63, 3.8) is 0 Å². The SMILES string of the molecule is O=c1c2cnc3cc4c(cc3c2sn1CCc1ccccn1)OCO4. The first-order valence-electron chi connectivity index (χ1n) is 7.92. The van der Waals surface area contributed by atoms with Gasteiger partial charge in [0.1, 0.15) is 0 Å². The van der Waals surface area contributed by atoms with Gasteiger partial charge >= 0.3 is 0 Å². The maximum atomic E-state index is 12.7. The molecule has 0 saturated carbocycles. The van der Waals surface area contributed by atoms with E-state index in [0.29, 0.717) is 29.9 Å². The normalized spacial score (nSPS) is 13.0. The Morgan fingerprint density at radius 2 is 2.00 bits per heavy atom. The molecule has 7 heteroatoms. The lowest BCUT2D eigenvalue weighted by Gasteiger charge is -2.01. The maximum absolute atomic E-state index is 12.7. The Kier molecular flexibility index (Phi) is 3.21. The van der Waals surface area contributed by atoms with Gasteiger partial charge in [-0.2, -0.15) is 0 Å². The van der Waals surface area contributed by atoms with Crippen LogP contribution in [0.25, 0.3) is 21.0 Å². The zero-order valence-electron chi connectivity index (χ0n) is 13.1. The molecule has 0 amide bonds. The van der Waals surface area contributed by atoms with Crippen LogP contribution in [0.2, 0.25) is 0 Å². The van der Waals surface area contributed by atoms with Crippen LogP contribution in [0.15, 0.2) is 47.5 Å². The van der Waals surface area contributed by atoms with Crippen LogP contribution in [0.1, 0.15) is 5.69 Å². The molecule has 4 heterocycles. The second kappa shape index (κ2) is 5.56. The Hall–Kier alpha value is -2.93. The molecule has 0 unspecified atom stereocenters. The van der Waals surface area contributed by atoms with Crippen molar-refractivity contribution >= 4 is 32.5 Å². The molecule has 0 N–H and O–H groups in total. The molecule has 0 spiro atoms. The van der Waals surface area contributed by atoms with E-state index in [4.69, 9.17) is 9.47 Å². The first-order chi connectivity index (χ1) is 12.3. The van der Waals surface area contributed by atoms with Gasteiger partial charge < -0.3 is 9.47 Å². The third-order valence-corrected chi connectivity index (χ3v) is 5.46. The maximum Gasteiger partial charge on any atom is 0.270 e.